The molecule has 2 aliphatic heterocycles. The number of halogens is 1. The molecule has 2 heterocycles. The molecule has 1 saturated heterocycles. The first-order valence-corrected chi connectivity index (χ1v) is 16.7. The molecule has 2 atom stereocenters. The molecule has 44 heavy (non-hydrogen) atoms. The maximum atomic E-state index is 12.3. The van der Waals surface area contributed by atoms with Gasteiger partial charge in [0.15, 0.2) is 11.5 Å². The topological polar surface area (TPSA) is 45.3 Å². The van der Waals surface area contributed by atoms with Crippen LogP contribution in [0.2, 0.25) is 5.02 Å². The van der Waals surface area contributed by atoms with E-state index in [0.29, 0.717) is 18.2 Å². The molecule has 0 aromatic heterocycles. The van der Waals surface area contributed by atoms with Crippen molar-refractivity contribution in [2.75, 3.05) is 50.1 Å². The summed E-state index contributed by atoms with van der Waals surface area (Å²) in [4.78, 5) is 19.2. The van der Waals surface area contributed by atoms with Gasteiger partial charge in [0.25, 0.3) is 0 Å². The third-order valence-corrected chi connectivity index (χ3v) is 9.58. The average molecular weight is 618 g/mol. The molecule has 0 saturated carbocycles. The van der Waals surface area contributed by atoms with Gasteiger partial charge in [0, 0.05) is 56.0 Å². The first kappa shape index (κ1) is 32.0. The van der Waals surface area contributed by atoms with Gasteiger partial charge >= 0.3 is 0 Å². The Kier molecular flexibility index (Phi) is 10.6. The number of ether oxygens (including phenoxy) is 2. The molecule has 0 radical (unpaired) electrons. The fraction of sp³-hybridized carbons (Fsp3) is 0.486. The van der Waals surface area contributed by atoms with Gasteiger partial charge in [0.05, 0.1) is 19.3 Å². The van der Waals surface area contributed by atoms with E-state index in [1.165, 1.54) is 28.1 Å². The minimum atomic E-state index is 0.0189. The molecule has 1 fully saturated rings. The summed E-state index contributed by atoms with van der Waals surface area (Å²) in [5.41, 5.74) is 6.12. The number of piperidine rings is 1. The van der Waals surface area contributed by atoms with Crippen LogP contribution in [0, 0.1) is 5.92 Å². The van der Waals surface area contributed by atoms with Crippen LogP contribution < -0.4 is 19.3 Å². The lowest BCUT2D eigenvalue weighted by Crippen LogP contribution is -2.41. The number of methoxy groups -OCH3 is 1. The molecule has 0 aliphatic carbocycles. The van der Waals surface area contributed by atoms with Crippen LogP contribution in [0.5, 0.6) is 11.5 Å². The van der Waals surface area contributed by atoms with E-state index in [0.717, 1.165) is 74.8 Å². The van der Waals surface area contributed by atoms with Gasteiger partial charge in [-0.2, -0.15) is 0 Å². The highest BCUT2D eigenvalue weighted by atomic mass is 35.5. The number of hydrogen-bond acceptors (Lipinski definition) is 5. The molecule has 3 aromatic carbocycles. The Morgan fingerprint density at radius 2 is 1.70 bits per heavy atom. The van der Waals surface area contributed by atoms with E-state index in [1.807, 2.05) is 12.1 Å². The van der Waals surface area contributed by atoms with Gasteiger partial charge in [-0.1, -0.05) is 37.6 Å². The molecule has 236 valence electrons. The van der Waals surface area contributed by atoms with Crippen molar-refractivity contribution in [2.45, 2.75) is 71.4 Å². The smallest absolute Gasteiger partial charge is 0.222 e. The Balaban J connectivity index is 1.36. The van der Waals surface area contributed by atoms with Crippen molar-refractivity contribution in [3.05, 3.63) is 82.4 Å². The van der Waals surface area contributed by atoms with Crippen LogP contribution in [0.25, 0.3) is 0 Å². The Bertz CT molecular complexity index is 1390. The number of benzene rings is 3. The van der Waals surface area contributed by atoms with Crippen LogP contribution in [0.1, 0.15) is 75.6 Å². The first-order chi connectivity index (χ1) is 21.3. The number of rotatable bonds is 11. The maximum Gasteiger partial charge on any atom is 0.222 e. The number of amides is 1. The summed E-state index contributed by atoms with van der Waals surface area (Å²) in [5.74, 6) is 2.49. The highest BCUT2D eigenvalue weighted by Gasteiger charge is 2.31. The summed E-state index contributed by atoms with van der Waals surface area (Å²) in [6.07, 6.45) is 5.66. The summed E-state index contributed by atoms with van der Waals surface area (Å²) in [6, 6.07) is 21.6. The molecule has 2 aliphatic rings. The van der Waals surface area contributed by atoms with Crippen LogP contribution in [0.15, 0.2) is 60.7 Å². The third-order valence-electron chi connectivity index (χ3n) is 9.33. The summed E-state index contributed by atoms with van der Waals surface area (Å²) in [5, 5.41) is 0.734. The highest BCUT2D eigenvalue weighted by molar-refractivity contribution is 6.30. The van der Waals surface area contributed by atoms with Crippen LogP contribution in [-0.2, 0) is 11.2 Å². The fourth-order valence-electron chi connectivity index (χ4n) is 6.59. The van der Waals surface area contributed by atoms with Crippen molar-refractivity contribution in [1.29, 1.82) is 0 Å². The van der Waals surface area contributed by atoms with Crippen LogP contribution in [0.3, 0.4) is 0 Å². The quantitative estimate of drug-likeness (QED) is 0.217. The summed E-state index contributed by atoms with van der Waals surface area (Å²) >= 11 is 6.32. The Labute approximate surface area is 268 Å². The summed E-state index contributed by atoms with van der Waals surface area (Å²) in [6.45, 7) is 9.96. The fourth-order valence-corrected chi connectivity index (χ4v) is 6.72. The second-order valence-electron chi connectivity index (χ2n) is 12.4. The Morgan fingerprint density at radius 3 is 2.34 bits per heavy atom. The average Bonchev–Trinajstić information content (AvgIpc) is 3.04. The van der Waals surface area contributed by atoms with Gasteiger partial charge in [-0.3, -0.25) is 4.79 Å². The normalized spacial score (nSPS) is 17.6. The molecule has 0 N–H and O–H groups in total. The molecule has 6 nitrogen and oxygen atoms in total. The lowest BCUT2D eigenvalue weighted by Gasteiger charge is -2.40. The molecule has 3 aromatic rings. The van der Waals surface area contributed by atoms with Crippen LogP contribution in [0.4, 0.5) is 11.4 Å². The molecule has 1 unspecified atom stereocenters. The summed E-state index contributed by atoms with van der Waals surface area (Å²) < 4.78 is 12.1. The number of fused-ring (bicyclic) bond motifs is 1. The standard InChI is InChI=1S/C37H48ClN3O3/c1-6-8-36(42)40-20-17-27(18-21-40)25-39(4)31-13-15-32(16-14-31)41-22-19-29-23-34(43-5)35(44-26(3)7-2)24-33(29)37(41)28-9-11-30(38)12-10-28/h9-16,23-24,26-27,37H,6-8,17-22,25H2,1-5H3/t26-,37?/m1/s1. The molecule has 7 heteroatoms. The molecular weight excluding hydrogens is 570 g/mol. The van der Waals surface area contributed by atoms with Gasteiger partial charge < -0.3 is 24.2 Å². The first-order valence-electron chi connectivity index (χ1n) is 16.3. The molecule has 0 spiro atoms. The van der Waals surface area contributed by atoms with Crippen LogP contribution >= 0.6 is 11.6 Å². The Morgan fingerprint density at radius 1 is 1.00 bits per heavy atom. The molecule has 5 rings (SSSR count). The zero-order valence-corrected chi connectivity index (χ0v) is 27.8. The van der Waals surface area contributed by atoms with E-state index in [4.69, 9.17) is 21.1 Å². The zero-order valence-electron chi connectivity index (χ0n) is 27.0. The van der Waals surface area contributed by atoms with E-state index in [2.05, 4.69) is 91.0 Å². The van der Waals surface area contributed by atoms with Gasteiger partial charge in [-0.25, -0.2) is 0 Å². The van der Waals surface area contributed by atoms with E-state index in [9.17, 15) is 4.79 Å². The SMILES string of the molecule is CCCC(=O)N1CCC(CN(C)c2ccc(N3CCc4cc(OC)c(O[C@H](C)CC)cc4C3c3ccc(Cl)cc3)cc2)CC1. The monoisotopic (exact) mass is 617 g/mol. The number of anilines is 2. The van der Waals surface area contributed by atoms with E-state index in [-0.39, 0.29) is 12.1 Å². The number of carbonyl (C=O) groups is 1. The summed E-state index contributed by atoms with van der Waals surface area (Å²) in [7, 11) is 3.90. The highest BCUT2D eigenvalue weighted by Crippen LogP contribution is 2.43. The lowest BCUT2D eigenvalue weighted by atomic mass is 9.87. The lowest BCUT2D eigenvalue weighted by molar-refractivity contribution is -0.132. The second-order valence-corrected chi connectivity index (χ2v) is 12.8. The van der Waals surface area contributed by atoms with Crippen molar-refractivity contribution in [2.24, 2.45) is 5.92 Å². The third kappa shape index (κ3) is 7.28. The van der Waals surface area contributed by atoms with Crippen LogP contribution in [-0.4, -0.2) is 57.2 Å². The largest absolute Gasteiger partial charge is 0.493 e. The van der Waals surface area contributed by atoms with Crippen molar-refractivity contribution < 1.29 is 14.3 Å². The van der Waals surface area contributed by atoms with E-state index < -0.39 is 0 Å². The molecule has 0 bridgehead atoms. The van der Waals surface area contributed by atoms with Crippen molar-refractivity contribution in [3.63, 3.8) is 0 Å². The van der Waals surface area contributed by atoms with Gasteiger partial charge in [0.2, 0.25) is 5.91 Å². The number of nitrogens with zero attached hydrogens (tertiary/aromatic N) is 3. The predicted molar refractivity (Wildman–Crippen MR) is 182 cm³/mol. The van der Waals surface area contributed by atoms with E-state index >= 15 is 0 Å². The molecular formula is C37H48ClN3O3. The second kappa shape index (κ2) is 14.6. The maximum absolute atomic E-state index is 12.3. The van der Waals surface area contributed by atoms with E-state index in [1.54, 1.807) is 7.11 Å². The minimum absolute atomic E-state index is 0.0189. The van der Waals surface area contributed by atoms with Crippen molar-refractivity contribution >= 4 is 28.9 Å². The zero-order chi connectivity index (χ0) is 31.2. The van der Waals surface area contributed by atoms with Crippen molar-refractivity contribution in [3.8, 4) is 11.5 Å². The molecule has 1 amide bonds. The number of hydrogen-bond donors (Lipinski definition) is 0. The number of carbonyl (C=O) groups excluding carboxylic acids is 1. The van der Waals surface area contributed by atoms with Gasteiger partial charge in [-0.15, -0.1) is 0 Å². The predicted octanol–water partition coefficient (Wildman–Crippen LogP) is 8.15. The minimum Gasteiger partial charge on any atom is -0.493 e. The van der Waals surface area contributed by atoms with Gasteiger partial charge in [-0.05, 0) is 110 Å². The Hall–Kier alpha value is -3.38. The number of likely N-dealkylation sites (tertiary alicyclic amines) is 1. The van der Waals surface area contributed by atoms with Crippen molar-refractivity contribution in [1.82, 2.24) is 4.90 Å². The van der Waals surface area contributed by atoms with Gasteiger partial charge in [0.1, 0.15) is 0 Å².